The number of nitrogens with zero attached hydrogens (tertiary/aromatic N) is 2. The average Bonchev–Trinajstić information content (AvgIpc) is 2.61. The van der Waals surface area contributed by atoms with Gasteiger partial charge in [-0.15, -0.1) is 0 Å². The van der Waals surface area contributed by atoms with Gasteiger partial charge in [0.15, 0.2) is 5.96 Å². The predicted octanol–water partition coefficient (Wildman–Crippen LogP) is 2.89. The van der Waals surface area contributed by atoms with Crippen molar-refractivity contribution < 1.29 is 4.74 Å². The van der Waals surface area contributed by atoms with Crippen LogP contribution in [-0.2, 0) is 4.74 Å². The number of hydrogen-bond donors (Lipinski definition) is 3. The van der Waals surface area contributed by atoms with E-state index in [1.165, 1.54) is 0 Å². The first-order valence-corrected chi connectivity index (χ1v) is 9.47. The Bertz CT molecular complexity index is 450. The summed E-state index contributed by atoms with van der Waals surface area (Å²) in [4.78, 5) is 8.83. The molecule has 0 saturated carbocycles. The third-order valence-corrected chi connectivity index (χ3v) is 3.38. The normalized spacial score (nSPS) is 11.6. The highest BCUT2D eigenvalue weighted by Gasteiger charge is 1.98. The molecule has 0 aliphatic heterocycles. The molecule has 0 aliphatic carbocycles. The molecule has 0 amide bonds. The van der Waals surface area contributed by atoms with Crippen LogP contribution >= 0.6 is 0 Å². The summed E-state index contributed by atoms with van der Waals surface area (Å²) in [7, 11) is 0. The Morgan fingerprint density at radius 3 is 2.72 bits per heavy atom. The highest BCUT2D eigenvalue weighted by Crippen LogP contribution is 2.00. The van der Waals surface area contributed by atoms with Crippen LogP contribution in [0, 0.1) is 5.92 Å². The van der Waals surface area contributed by atoms with Crippen LogP contribution in [0.3, 0.4) is 0 Å². The van der Waals surface area contributed by atoms with Gasteiger partial charge in [0.25, 0.3) is 0 Å². The van der Waals surface area contributed by atoms with E-state index in [0.29, 0.717) is 5.92 Å². The van der Waals surface area contributed by atoms with Crippen LogP contribution in [0.5, 0.6) is 0 Å². The Kier molecular flexibility index (Phi) is 12.3. The van der Waals surface area contributed by atoms with E-state index in [-0.39, 0.29) is 0 Å². The van der Waals surface area contributed by atoms with Gasteiger partial charge in [0.05, 0.1) is 0 Å². The third kappa shape index (κ3) is 12.2. The largest absolute Gasteiger partial charge is 0.381 e. The third-order valence-electron chi connectivity index (χ3n) is 3.38. The van der Waals surface area contributed by atoms with E-state index in [0.717, 1.165) is 70.4 Å². The van der Waals surface area contributed by atoms with Crippen LogP contribution in [0.2, 0.25) is 0 Å². The lowest BCUT2D eigenvalue weighted by Crippen LogP contribution is -2.38. The standard InChI is InChI=1S/C19H35N5O/c1-4-20-19(24-14-9-15-25-16-17(2)3)23-13-8-7-12-22-18-10-5-6-11-21-18/h5-6,10-11,17H,4,7-9,12-16H2,1-3H3,(H,21,22)(H2,20,23,24). The van der Waals surface area contributed by atoms with Gasteiger partial charge in [-0.05, 0) is 44.2 Å². The van der Waals surface area contributed by atoms with Crippen LogP contribution in [0.15, 0.2) is 29.4 Å². The quantitative estimate of drug-likeness (QED) is 0.290. The van der Waals surface area contributed by atoms with Gasteiger partial charge in [0, 0.05) is 45.6 Å². The minimum Gasteiger partial charge on any atom is -0.381 e. The number of hydrogen-bond acceptors (Lipinski definition) is 4. The van der Waals surface area contributed by atoms with Crippen LogP contribution in [0.1, 0.15) is 40.0 Å². The summed E-state index contributed by atoms with van der Waals surface area (Å²) < 4.78 is 5.58. The van der Waals surface area contributed by atoms with Gasteiger partial charge in [0.2, 0.25) is 0 Å². The summed E-state index contributed by atoms with van der Waals surface area (Å²) in [6, 6.07) is 5.90. The van der Waals surface area contributed by atoms with Crippen molar-refractivity contribution in [3.05, 3.63) is 24.4 Å². The molecule has 1 rings (SSSR count). The molecular formula is C19H35N5O. The lowest BCUT2D eigenvalue weighted by atomic mass is 10.2. The summed E-state index contributed by atoms with van der Waals surface area (Å²) in [5.74, 6) is 2.42. The van der Waals surface area contributed by atoms with E-state index in [1.807, 2.05) is 18.2 Å². The number of aromatic nitrogens is 1. The molecule has 25 heavy (non-hydrogen) atoms. The molecule has 142 valence electrons. The Morgan fingerprint density at radius 1 is 1.16 bits per heavy atom. The average molecular weight is 350 g/mol. The number of aliphatic imine (C=N–C) groups is 1. The van der Waals surface area contributed by atoms with Gasteiger partial charge < -0.3 is 20.7 Å². The van der Waals surface area contributed by atoms with Crippen LogP contribution in [-0.4, -0.2) is 50.3 Å². The van der Waals surface area contributed by atoms with Crippen LogP contribution in [0.25, 0.3) is 0 Å². The monoisotopic (exact) mass is 349 g/mol. The zero-order valence-electron chi connectivity index (χ0n) is 16.1. The molecule has 0 aromatic carbocycles. The van der Waals surface area contributed by atoms with Crippen LogP contribution < -0.4 is 16.0 Å². The first-order valence-electron chi connectivity index (χ1n) is 9.47. The molecule has 0 radical (unpaired) electrons. The van der Waals surface area contributed by atoms with Crippen molar-refractivity contribution in [2.24, 2.45) is 10.9 Å². The molecule has 0 fully saturated rings. The van der Waals surface area contributed by atoms with Crippen molar-refractivity contribution in [3.63, 3.8) is 0 Å². The molecule has 0 atom stereocenters. The van der Waals surface area contributed by atoms with Crippen molar-refractivity contribution in [2.75, 3.05) is 44.7 Å². The summed E-state index contributed by atoms with van der Waals surface area (Å²) in [5, 5.41) is 9.99. The number of nitrogens with one attached hydrogen (secondary N) is 3. The molecule has 0 saturated heterocycles. The number of anilines is 1. The molecule has 1 aromatic rings. The van der Waals surface area contributed by atoms with Gasteiger partial charge in [-0.25, -0.2) is 4.98 Å². The second-order valence-electron chi connectivity index (χ2n) is 6.36. The maximum Gasteiger partial charge on any atom is 0.191 e. The number of ether oxygens (including phenoxy) is 1. The smallest absolute Gasteiger partial charge is 0.191 e. The second kappa shape index (κ2) is 14.5. The minimum atomic E-state index is 0.592. The lowest BCUT2D eigenvalue weighted by Gasteiger charge is -2.11. The van der Waals surface area contributed by atoms with E-state index >= 15 is 0 Å². The molecule has 6 nitrogen and oxygen atoms in total. The van der Waals surface area contributed by atoms with Crippen molar-refractivity contribution >= 4 is 11.8 Å². The molecule has 0 spiro atoms. The summed E-state index contributed by atoms with van der Waals surface area (Å²) in [6.45, 7) is 11.5. The van der Waals surface area contributed by atoms with Crippen molar-refractivity contribution in [1.82, 2.24) is 15.6 Å². The van der Waals surface area contributed by atoms with Gasteiger partial charge >= 0.3 is 0 Å². The maximum absolute atomic E-state index is 5.58. The Labute approximate surface area is 152 Å². The topological polar surface area (TPSA) is 70.6 Å². The van der Waals surface area contributed by atoms with Crippen molar-refractivity contribution in [1.29, 1.82) is 0 Å². The fraction of sp³-hybridized carbons (Fsp3) is 0.684. The number of guanidine groups is 1. The molecule has 0 unspecified atom stereocenters. The van der Waals surface area contributed by atoms with Crippen molar-refractivity contribution in [2.45, 2.75) is 40.0 Å². The zero-order chi connectivity index (χ0) is 18.2. The number of unbranched alkanes of at least 4 members (excludes halogenated alkanes) is 1. The molecule has 1 aromatic heterocycles. The van der Waals surface area contributed by atoms with E-state index in [9.17, 15) is 0 Å². The molecule has 3 N–H and O–H groups in total. The van der Waals surface area contributed by atoms with E-state index < -0.39 is 0 Å². The molecular weight excluding hydrogens is 314 g/mol. The second-order valence-corrected chi connectivity index (χ2v) is 6.36. The minimum absolute atomic E-state index is 0.592. The number of rotatable bonds is 13. The molecule has 0 bridgehead atoms. The molecule has 0 aliphatic rings. The Balaban J connectivity index is 2.08. The highest BCUT2D eigenvalue weighted by atomic mass is 16.5. The SMILES string of the molecule is CCNC(=NCCCOCC(C)C)NCCCCNc1ccccn1. The fourth-order valence-corrected chi connectivity index (χ4v) is 2.16. The predicted molar refractivity (Wildman–Crippen MR) is 106 cm³/mol. The van der Waals surface area contributed by atoms with Gasteiger partial charge in [0.1, 0.15) is 5.82 Å². The first-order chi connectivity index (χ1) is 12.2. The van der Waals surface area contributed by atoms with E-state index in [1.54, 1.807) is 6.20 Å². The van der Waals surface area contributed by atoms with Gasteiger partial charge in [-0.3, -0.25) is 4.99 Å². The van der Waals surface area contributed by atoms with E-state index in [4.69, 9.17) is 4.74 Å². The summed E-state index contributed by atoms with van der Waals surface area (Å²) in [6.07, 6.45) is 4.93. The molecule has 1 heterocycles. The lowest BCUT2D eigenvalue weighted by molar-refractivity contribution is 0.109. The Hall–Kier alpha value is -1.82. The molecule has 6 heteroatoms. The van der Waals surface area contributed by atoms with E-state index in [2.05, 4.69) is 46.7 Å². The van der Waals surface area contributed by atoms with Gasteiger partial charge in [-0.1, -0.05) is 19.9 Å². The fourth-order valence-electron chi connectivity index (χ4n) is 2.16. The summed E-state index contributed by atoms with van der Waals surface area (Å²) in [5.41, 5.74) is 0. The summed E-state index contributed by atoms with van der Waals surface area (Å²) >= 11 is 0. The first kappa shape index (κ1) is 21.2. The zero-order valence-corrected chi connectivity index (χ0v) is 16.1. The number of pyridine rings is 1. The van der Waals surface area contributed by atoms with Gasteiger partial charge in [-0.2, -0.15) is 0 Å². The Morgan fingerprint density at radius 2 is 2.00 bits per heavy atom. The highest BCUT2D eigenvalue weighted by molar-refractivity contribution is 5.79. The maximum atomic E-state index is 5.58. The van der Waals surface area contributed by atoms with Crippen LogP contribution in [0.4, 0.5) is 5.82 Å². The van der Waals surface area contributed by atoms with Crippen molar-refractivity contribution in [3.8, 4) is 0 Å².